The van der Waals surface area contributed by atoms with Gasteiger partial charge in [0.25, 0.3) is 0 Å². The predicted octanol–water partition coefficient (Wildman–Crippen LogP) is 3.66. The molecule has 1 amide bonds. The Morgan fingerprint density at radius 1 is 1.48 bits per heavy atom. The molecule has 1 saturated heterocycles. The van der Waals surface area contributed by atoms with Crippen LogP contribution in [0.25, 0.3) is 0 Å². The summed E-state index contributed by atoms with van der Waals surface area (Å²) in [5.41, 5.74) is 1.55. The van der Waals surface area contributed by atoms with E-state index in [9.17, 15) is 4.79 Å². The summed E-state index contributed by atoms with van der Waals surface area (Å²) in [6.07, 6.45) is 4.19. The monoisotopic (exact) mass is 388 g/mol. The SMILES string of the molecule is CCc1noc(C(C)N2CCC3(CC2)CC3N(Cc2ccsc2)C(C)=O)n1. The van der Waals surface area contributed by atoms with Crippen LogP contribution in [-0.2, 0) is 17.8 Å². The molecule has 0 bridgehead atoms. The third-order valence-corrected chi connectivity index (χ3v) is 7.09. The Hall–Kier alpha value is -1.73. The van der Waals surface area contributed by atoms with Gasteiger partial charge in [0.1, 0.15) is 0 Å². The van der Waals surface area contributed by atoms with E-state index in [0.29, 0.717) is 11.5 Å². The van der Waals surface area contributed by atoms with Crippen LogP contribution in [0.2, 0.25) is 0 Å². The van der Waals surface area contributed by atoms with Crippen molar-refractivity contribution in [1.82, 2.24) is 19.9 Å². The van der Waals surface area contributed by atoms with Crippen molar-refractivity contribution in [3.8, 4) is 0 Å². The molecule has 2 atom stereocenters. The molecule has 1 spiro atoms. The highest BCUT2D eigenvalue weighted by Gasteiger charge is 2.58. The number of carbonyl (C=O) groups excluding carboxylic acids is 1. The number of hydrogen-bond donors (Lipinski definition) is 0. The van der Waals surface area contributed by atoms with Gasteiger partial charge in [-0.05, 0) is 67.1 Å². The minimum Gasteiger partial charge on any atom is -0.338 e. The number of nitrogens with zero attached hydrogens (tertiary/aromatic N) is 4. The van der Waals surface area contributed by atoms with E-state index in [1.807, 2.05) is 6.92 Å². The molecule has 27 heavy (non-hydrogen) atoms. The molecule has 2 unspecified atom stereocenters. The van der Waals surface area contributed by atoms with Gasteiger partial charge in [-0.25, -0.2) is 0 Å². The fourth-order valence-corrected chi connectivity index (χ4v) is 5.08. The molecule has 1 aliphatic heterocycles. The van der Waals surface area contributed by atoms with E-state index in [4.69, 9.17) is 4.52 Å². The average molecular weight is 389 g/mol. The van der Waals surface area contributed by atoms with E-state index >= 15 is 0 Å². The number of piperidine rings is 1. The van der Waals surface area contributed by atoms with Crippen LogP contribution in [0.5, 0.6) is 0 Å². The minimum atomic E-state index is 0.155. The Labute approximate surface area is 164 Å². The number of amides is 1. The number of likely N-dealkylation sites (tertiary alicyclic amines) is 1. The van der Waals surface area contributed by atoms with Gasteiger partial charge in [0.2, 0.25) is 11.8 Å². The molecule has 6 nitrogen and oxygen atoms in total. The molecule has 2 aliphatic rings. The van der Waals surface area contributed by atoms with Crippen molar-refractivity contribution in [2.24, 2.45) is 5.41 Å². The van der Waals surface area contributed by atoms with Gasteiger partial charge < -0.3 is 9.42 Å². The number of thiophene rings is 1. The molecular formula is C20H28N4O2S. The molecule has 2 aromatic heterocycles. The maximum absolute atomic E-state index is 12.3. The lowest BCUT2D eigenvalue weighted by atomic mass is 9.91. The normalized spacial score (nSPS) is 22.7. The van der Waals surface area contributed by atoms with Crippen LogP contribution in [0.1, 0.15) is 63.4 Å². The molecule has 7 heteroatoms. The third kappa shape index (κ3) is 3.67. The predicted molar refractivity (Wildman–Crippen MR) is 104 cm³/mol. The average Bonchev–Trinajstić information content (AvgIpc) is 3.08. The molecule has 2 fully saturated rings. The zero-order valence-electron chi connectivity index (χ0n) is 16.4. The van der Waals surface area contributed by atoms with Crippen LogP contribution < -0.4 is 0 Å². The molecule has 3 heterocycles. The summed E-state index contributed by atoms with van der Waals surface area (Å²) in [7, 11) is 0. The Morgan fingerprint density at radius 2 is 2.26 bits per heavy atom. The molecule has 146 valence electrons. The van der Waals surface area contributed by atoms with E-state index in [1.165, 1.54) is 5.56 Å². The summed E-state index contributed by atoms with van der Waals surface area (Å²) in [4.78, 5) is 21.3. The van der Waals surface area contributed by atoms with Crippen molar-refractivity contribution in [3.63, 3.8) is 0 Å². The standard InChI is InChI=1S/C20H28N4O2S/c1-4-18-21-19(26-22-18)14(2)23-8-6-20(7-9-23)11-17(20)24(15(3)25)12-16-5-10-27-13-16/h5,10,13-14,17H,4,6-9,11-12H2,1-3H3. The maximum atomic E-state index is 12.3. The first-order chi connectivity index (χ1) is 13.0. The lowest BCUT2D eigenvalue weighted by Crippen LogP contribution is -2.41. The van der Waals surface area contributed by atoms with Crippen molar-refractivity contribution in [1.29, 1.82) is 0 Å². The number of hydrogen-bond acceptors (Lipinski definition) is 6. The summed E-state index contributed by atoms with van der Waals surface area (Å²) in [6, 6.07) is 2.67. The summed E-state index contributed by atoms with van der Waals surface area (Å²) < 4.78 is 5.43. The molecule has 0 aromatic carbocycles. The second kappa shape index (κ2) is 7.36. The largest absolute Gasteiger partial charge is 0.338 e. The van der Waals surface area contributed by atoms with Gasteiger partial charge in [0, 0.05) is 25.9 Å². The lowest BCUT2D eigenvalue weighted by molar-refractivity contribution is -0.130. The molecule has 1 aliphatic carbocycles. The van der Waals surface area contributed by atoms with Crippen molar-refractivity contribution in [2.45, 2.75) is 65.1 Å². The molecule has 4 rings (SSSR count). The topological polar surface area (TPSA) is 62.5 Å². The van der Waals surface area contributed by atoms with Gasteiger partial charge in [0.05, 0.1) is 6.04 Å². The lowest BCUT2D eigenvalue weighted by Gasteiger charge is -2.36. The highest BCUT2D eigenvalue weighted by molar-refractivity contribution is 7.07. The quantitative estimate of drug-likeness (QED) is 0.756. The van der Waals surface area contributed by atoms with Crippen molar-refractivity contribution >= 4 is 17.2 Å². The fraction of sp³-hybridized carbons (Fsp3) is 0.650. The number of aryl methyl sites for hydroxylation is 1. The second-order valence-electron chi connectivity index (χ2n) is 7.98. The van der Waals surface area contributed by atoms with Crippen LogP contribution in [-0.4, -0.2) is 45.0 Å². The van der Waals surface area contributed by atoms with Crippen molar-refractivity contribution < 1.29 is 9.32 Å². The van der Waals surface area contributed by atoms with Gasteiger partial charge in [0.15, 0.2) is 5.82 Å². The summed E-state index contributed by atoms with van der Waals surface area (Å²) >= 11 is 1.69. The Bertz CT molecular complexity index is 780. The fourth-order valence-electron chi connectivity index (χ4n) is 4.42. The van der Waals surface area contributed by atoms with Crippen LogP contribution >= 0.6 is 11.3 Å². The first-order valence-corrected chi connectivity index (χ1v) is 10.8. The van der Waals surface area contributed by atoms with E-state index in [-0.39, 0.29) is 11.9 Å². The highest BCUT2D eigenvalue weighted by Crippen LogP contribution is 2.57. The first-order valence-electron chi connectivity index (χ1n) is 9.87. The summed E-state index contributed by atoms with van der Waals surface area (Å²) in [5, 5.41) is 8.25. The Morgan fingerprint density at radius 3 is 2.85 bits per heavy atom. The van der Waals surface area contributed by atoms with E-state index in [0.717, 1.165) is 57.0 Å². The smallest absolute Gasteiger partial charge is 0.243 e. The van der Waals surface area contributed by atoms with E-state index in [2.05, 4.69) is 43.7 Å². The Balaban J connectivity index is 1.36. The van der Waals surface area contributed by atoms with Gasteiger partial charge in [-0.2, -0.15) is 16.3 Å². The number of rotatable bonds is 6. The van der Waals surface area contributed by atoms with Crippen LogP contribution in [0.3, 0.4) is 0 Å². The zero-order chi connectivity index (χ0) is 19.0. The van der Waals surface area contributed by atoms with Crippen molar-refractivity contribution in [2.75, 3.05) is 13.1 Å². The molecule has 0 N–H and O–H groups in total. The van der Waals surface area contributed by atoms with Gasteiger partial charge >= 0.3 is 0 Å². The molecule has 1 saturated carbocycles. The summed E-state index contributed by atoms with van der Waals surface area (Å²) in [6.45, 7) is 8.67. The molecular weight excluding hydrogens is 360 g/mol. The highest BCUT2D eigenvalue weighted by atomic mass is 32.1. The van der Waals surface area contributed by atoms with Crippen LogP contribution in [0, 0.1) is 5.41 Å². The van der Waals surface area contributed by atoms with Crippen LogP contribution in [0.15, 0.2) is 21.3 Å². The number of carbonyl (C=O) groups is 1. The van der Waals surface area contributed by atoms with Crippen LogP contribution in [0.4, 0.5) is 0 Å². The number of aromatic nitrogens is 2. The van der Waals surface area contributed by atoms with E-state index in [1.54, 1.807) is 18.3 Å². The summed E-state index contributed by atoms with van der Waals surface area (Å²) in [5.74, 6) is 1.69. The third-order valence-electron chi connectivity index (χ3n) is 6.36. The Kier molecular flexibility index (Phi) is 5.07. The molecule has 2 aromatic rings. The van der Waals surface area contributed by atoms with Gasteiger partial charge in [-0.3, -0.25) is 9.69 Å². The minimum absolute atomic E-state index is 0.155. The maximum Gasteiger partial charge on any atom is 0.243 e. The molecule has 0 radical (unpaired) electrons. The van der Waals surface area contributed by atoms with Gasteiger partial charge in [-0.15, -0.1) is 0 Å². The first kappa shape index (κ1) is 18.6. The van der Waals surface area contributed by atoms with Gasteiger partial charge in [-0.1, -0.05) is 12.1 Å². The van der Waals surface area contributed by atoms with E-state index < -0.39 is 0 Å². The second-order valence-corrected chi connectivity index (χ2v) is 8.76. The zero-order valence-corrected chi connectivity index (χ0v) is 17.2. The van der Waals surface area contributed by atoms with Crippen molar-refractivity contribution in [3.05, 3.63) is 34.1 Å².